The van der Waals surface area contributed by atoms with Gasteiger partial charge in [-0.05, 0) is 51.5 Å². The average molecular weight is 427 g/mol. The topological polar surface area (TPSA) is 120 Å². The van der Waals surface area contributed by atoms with Gasteiger partial charge < -0.3 is 14.8 Å². The van der Waals surface area contributed by atoms with Crippen LogP contribution in [0.15, 0.2) is 6.33 Å². The van der Waals surface area contributed by atoms with E-state index in [-0.39, 0.29) is 30.7 Å². The van der Waals surface area contributed by atoms with Crippen LogP contribution in [-0.4, -0.2) is 68.9 Å². The standard InChI is InChI=1S/C19H30N4O5S/c1-13-18(19(22-12-21-13)27-10-9-24)14-3-5-15(6-4-14)28-11-17-16(7-8-20-17)23-29(2,25)26/h9,12,14-17,20,23H,3-8,10-11H2,1-2H3/t14?,15?,16-,17-/m0/s1. The molecule has 0 spiro atoms. The monoisotopic (exact) mass is 426 g/mol. The zero-order valence-corrected chi connectivity index (χ0v) is 17.8. The normalized spacial score (nSPS) is 27.7. The number of rotatable bonds is 9. The molecule has 0 unspecified atom stereocenters. The van der Waals surface area contributed by atoms with Crippen molar-refractivity contribution in [3.8, 4) is 5.88 Å². The van der Waals surface area contributed by atoms with Crippen molar-refractivity contribution in [1.29, 1.82) is 0 Å². The van der Waals surface area contributed by atoms with Crippen molar-refractivity contribution in [1.82, 2.24) is 20.0 Å². The summed E-state index contributed by atoms with van der Waals surface area (Å²) in [6, 6.07) is -0.126. The number of aldehydes is 1. The van der Waals surface area contributed by atoms with Gasteiger partial charge in [-0.3, -0.25) is 4.79 Å². The van der Waals surface area contributed by atoms with Crippen LogP contribution in [-0.2, 0) is 19.6 Å². The Morgan fingerprint density at radius 2 is 2.00 bits per heavy atom. The number of carbonyl (C=O) groups is 1. The van der Waals surface area contributed by atoms with Crippen LogP contribution in [0.1, 0.15) is 49.3 Å². The predicted octanol–water partition coefficient (Wildman–Crippen LogP) is 0.685. The number of hydrogen-bond acceptors (Lipinski definition) is 8. The molecular formula is C19H30N4O5S. The Morgan fingerprint density at radius 1 is 1.24 bits per heavy atom. The van der Waals surface area contributed by atoms with E-state index < -0.39 is 10.0 Å². The van der Waals surface area contributed by atoms with Crippen molar-refractivity contribution >= 4 is 16.3 Å². The van der Waals surface area contributed by atoms with E-state index in [2.05, 4.69) is 20.0 Å². The number of nitrogens with zero attached hydrogens (tertiary/aromatic N) is 2. The second kappa shape index (κ2) is 9.92. The van der Waals surface area contributed by atoms with E-state index in [1.54, 1.807) is 0 Å². The lowest BCUT2D eigenvalue weighted by Crippen LogP contribution is -2.46. The average Bonchev–Trinajstić information content (AvgIpc) is 3.10. The first kappa shape index (κ1) is 22.1. The maximum Gasteiger partial charge on any atom is 0.220 e. The maximum atomic E-state index is 11.5. The first-order chi connectivity index (χ1) is 13.9. The molecule has 2 aliphatic rings. The molecule has 1 aromatic rings. The summed E-state index contributed by atoms with van der Waals surface area (Å²) in [5, 5.41) is 3.32. The summed E-state index contributed by atoms with van der Waals surface area (Å²) in [4.78, 5) is 19.1. The van der Waals surface area contributed by atoms with Gasteiger partial charge in [0.2, 0.25) is 15.9 Å². The molecule has 2 heterocycles. The molecule has 1 aliphatic carbocycles. The van der Waals surface area contributed by atoms with Crippen molar-refractivity contribution in [2.45, 2.75) is 63.1 Å². The number of hydrogen-bond donors (Lipinski definition) is 2. The van der Waals surface area contributed by atoms with Gasteiger partial charge in [0.15, 0.2) is 6.29 Å². The largest absolute Gasteiger partial charge is 0.470 e. The predicted molar refractivity (Wildman–Crippen MR) is 107 cm³/mol. The quantitative estimate of drug-likeness (QED) is 0.554. The molecular weight excluding hydrogens is 396 g/mol. The van der Waals surface area contributed by atoms with E-state index in [0.717, 1.165) is 56.2 Å². The SMILES string of the molecule is Cc1ncnc(OCC=O)c1C1CCC(OC[C@@H]2NCC[C@@H]2NS(C)(=O)=O)CC1. The summed E-state index contributed by atoms with van der Waals surface area (Å²) in [6.07, 6.45) is 7.96. The molecule has 29 heavy (non-hydrogen) atoms. The summed E-state index contributed by atoms with van der Waals surface area (Å²) in [5.74, 6) is 0.778. The third-order valence-electron chi connectivity index (χ3n) is 5.64. The highest BCUT2D eigenvalue weighted by molar-refractivity contribution is 7.88. The summed E-state index contributed by atoms with van der Waals surface area (Å²) in [5.41, 5.74) is 1.87. The highest BCUT2D eigenvalue weighted by Crippen LogP contribution is 2.38. The highest BCUT2D eigenvalue weighted by Gasteiger charge is 2.32. The third kappa shape index (κ3) is 6.18. The fourth-order valence-electron chi connectivity index (χ4n) is 4.28. The minimum atomic E-state index is -3.23. The van der Waals surface area contributed by atoms with Gasteiger partial charge in [0.05, 0.1) is 19.0 Å². The Labute approximate surface area is 172 Å². The Morgan fingerprint density at radius 3 is 2.69 bits per heavy atom. The fraction of sp³-hybridized carbons (Fsp3) is 0.737. The van der Waals surface area contributed by atoms with E-state index in [9.17, 15) is 13.2 Å². The van der Waals surface area contributed by atoms with Gasteiger partial charge in [-0.15, -0.1) is 0 Å². The smallest absolute Gasteiger partial charge is 0.220 e. The second-order valence-corrected chi connectivity index (χ2v) is 9.59. The molecule has 0 bridgehead atoms. The van der Waals surface area contributed by atoms with Gasteiger partial charge in [0, 0.05) is 23.3 Å². The number of ether oxygens (including phenoxy) is 2. The third-order valence-corrected chi connectivity index (χ3v) is 6.37. The Balaban J connectivity index is 1.52. The van der Waals surface area contributed by atoms with Gasteiger partial charge in [-0.1, -0.05) is 0 Å². The van der Waals surface area contributed by atoms with Gasteiger partial charge in [0.1, 0.15) is 12.9 Å². The van der Waals surface area contributed by atoms with Crippen LogP contribution < -0.4 is 14.8 Å². The molecule has 2 fully saturated rings. The molecule has 1 saturated carbocycles. The molecule has 162 valence electrons. The molecule has 0 amide bonds. The van der Waals surface area contributed by atoms with Crippen LogP contribution in [0.2, 0.25) is 0 Å². The zero-order valence-electron chi connectivity index (χ0n) is 17.0. The number of aromatic nitrogens is 2. The minimum Gasteiger partial charge on any atom is -0.470 e. The summed E-state index contributed by atoms with van der Waals surface area (Å²) >= 11 is 0. The first-order valence-electron chi connectivity index (χ1n) is 10.1. The number of nitrogens with one attached hydrogen (secondary N) is 2. The van der Waals surface area contributed by atoms with Crippen LogP contribution in [0.25, 0.3) is 0 Å². The molecule has 3 rings (SSSR count). The van der Waals surface area contributed by atoms with Crippen molar-refractivity contribution < 1.29 is 22.7 Å². The molecule has 1 saturated heterocycles. The summed E-state index contributed by atoms with van der Waals surface area (Å²) < 4.78 is 37.3. The Bertz CT molecular complexity index is 796. The first-order valence-corrected chi connectivity index (χ1v) is 12.0. The lowest BCUT2D eigenvalue weighted by atomic mass is 9.82. The zero-order chi connectivity index (χ0) is 20.9. The Kier molecular flexibility index (Phi) is 7.55. The fourth-order valence-corrected chi connectivity index (χ4v) is 5.11. The van der Waals surface area contributed by atoms with Gasteiger partial charge in [0.25, 0.3) is 0 Å². The van der Waals surface area contributed by atoms with Gasteiger partial charge in [-0.2, -0.15) is 0 Å². The summed E-state index contributed by atoms with van der Waals surface area (Å²) in [7, 11) is -3.23. The van der Waals surface area contributed by atoms with Crippen LogP contribution in [0, 0.1) is 6.92 Å². The van der Waals surface area contributed by atoms with Gasteiger partial charge >= 0.3 is 0 Å². The van der Waals surface area contributed by atoms with Gasteiger partial charge in [-0.25, -0.2) is 23.1 Å². The molecule has 1 aromatic heterocycles. The van der Waals surface area contributed by atoms with E-state index in [0.29, 0.717) is 12.5 Å². The van der Waals surface area contributed by atoms with E-state index in [1.165, 1.54) is 12.6 Å². The molecule has 0 radical (unpaired) electrons. The molecule has 1 aliphatic heterocycles. The van der Waals surface area contributed by atoms with Crippen molar-refractivity contribution in [2.24, 2.45) is 0 Å². The van der Waals surface area contributed by atoms with Crippen LogP contribution in [0.4, 0.5) is 0 Å². The van der Waals surface area contributed by atoms with Crippen LogP contribution in [0.5, 0.6) is 5.88 Å². The van der Waals surface area contributed by atoms with Crippen LogP contribution in [0.3, 0.4) is 0 Å². The maximum absolute atomic E-state index is 11.5. The molecule has 0 aromatic carbocycles. The number of carbonyl (C=O) groups excluding carboxylic acids is 1. The van der Waals surface area contributed by atoms with E-state index in [4.69, 9.17) is 9.47 Å². The highest BCUT2D eigenvalue weighted by atomic mass is 32.2. The molecule has 2 N–H and O–H groups in total. The number of aryl methyl sites for hydroxylation is 1. The molecule has 9 nitrogen and oxygen atoms in total. The number of sulfonamides is 1. The molecule has 2 atom stereocenters. The van der Waals surface area contributed by atoms with Crippen molar-refractivity contribution in [2.75, 3.05) is 26.0 Å². The lowest BCUT2D eigenvalue weighted by molar-refractivity contribution is -0.109. The van der Waals surface area contributed by atoms with Crippen molar-refractivity contribution in [3.05, 3.63) is 17.6 Å². The lowest BCUT2D eigenvalue weighted by Gasteiger charge is -2.31. The van der Waals surface area contributed by atoms with Crippen LogP contribution >= 0.6 is 0 Å². The minimum absolute atomic E-state index is 0.00411. The molecule has 10 heteroatoms. The van der Waals surface area contributed by atoms with E-state index >= 15 is 0 Å². The second-order valence-electron chi connectivity index (χ2n) is 7.81. The van der Waals surface area contributed by atoms with E-state index in [1.807, 2.05) is 6.92 Å². The van der Waals surface area contributed by atoms with Crippen molar-refractivity contribution in [3.63, 3.8) is 0 Å². The Hall–Kier alpha value is -1.62. The summed E-state index contributed by atoms with van der Waals surface area (Å²) in [6.45, 7) is 3.20.